The Morgan fingerprint density at radius 2 is 2.00 bits per heavy atom. The smallest absolute Gasteiger partial charge is 0.256 e. The van der Waals surface area contributed by atoms with Crippen LogP contribution in [0.4, 0.5) is 5.69 Å². The van der Waals surface area contributed by atoms with Crippen molar-refractivity contribution in [1.29, 1.82) is 0 Å². The summed E-state index contributed by atoms with van der Waals surface area (Å²) in [5.74, 6) is 1.31. The predicted molar refractivity (Wildman–Crippen MR) is 117 cm³/mol. The third-order valence-electron chi connectivity index (χ3n) is 5.62. The normalized spacial score (nSPS) is 21.6. The van der Waals surface area contributed by atoms with E-state index in [9.17, 15) is 4.79 Å². The van der Waals surface area contributed by atoms with Crippen LogP contribution in [-0.4, -0.2) is 18.1 Å². The van der Waals surface area contributed by atoms with Gasteiger partial charge in [0.15, 0.2) is 0 Å². The highest BCUT2D eigenvalue weighted by Gasteiger charge is 2.42. The first-order valence-electron chi connectivity index (χ1n) is 10.8. The zero-order chi connectivity index (χ0) is 20.7. The molecule has 4 heteroatoms. The molecular formula is C25H33NO3. The van der Waals surface area contributed by atoms with E-state index < -0.39 is 5.60 Å². The van der Waals surface area contributed by atoms with Crippen molar-refractivity contribution in [3.8, 4) is 5.75 Å². The maximum atomic E-state index is 13.2. The van der Waals surface area contributed by atoms with Crippen molar-refractivity contribution < 1.29 is 14.3 Å². The van der Waals surface area contributed by atoms with Gasteiger partial charge in [0.1, 0.15) is 18.0 Å². The van der Waals surface area contributed by atoms with Gasteiger partial charge in [0.2, 0.25) is 0 Å². The number of aryl methyl sites for hydroxylation is 1. The molecule has 3 rings (SSSR count). The van der Waals surface area contributed by atoms with Gasteiger partial charge in [-0.3, -0.25) is 4.79 Å². The Morgan fingerprint density at radius 3 is 2.69 bits per heavy atom. The first-order chi connectivity index (χ1) is 14.0. The summed E-state index contributed by atoms with van der Waals surface area (Å²) in [4.78, 5) is 13.2. The van der Waals surface area contributed by atoms with Gasteiger partial charge in [-0.1, -0.05) is 50.6 Å². The molecule has 2 atom stereocenters. The van der Waals surface area contributed by atoms with Crippen molar-refractivity contribution in [3.63, 3.8) is 0 Å². The van der Waals surface area contributed by atoms with Gasteiger partial charge in [-0.05, 0) is 67.9 Å². The summed E-state index contributed by atoms with van der Waals surface area (Å²) < 4.78 is 12.1. The van der Waals surface area contributed by atoms with Gasteiger partial charge in [0.05, 0.1) is 0 Å². The van der Waals surface area contributed by atoms with Crippen LogP contribution < -0.4 is 10.1 Å². The van der Waals surface area contributed by atoms with Crippen LogP contribution in [-0.2, 0) is 16.1 Å². The molecule has 0 aromatic heterocycles. The fourth-order valence-corrected chi connectivity index (χ4v) is 4.07. The topological polar surface area (TPSA) is 47.6 Å². The molecule has 29 heavy (non-hydrogen) atoms. The largest absolute Gasteiger partial charge is 0.489 e. The van der Waals surface area contributed by atoms with Crippen molar-refractivity contribution in [3.05, 3.63) is 59.7 Å². The molecule has 0 saturated heterocycles. The van der Waals surface area contributed by atoms with E-state index in [1.165, 1.54) is 0 Å². The summed E-state index contributed by atoms with van der Waals surface area (Å²) in [5.41, 5.74) is 2.21. The molecule has 1 aliphatic rings. The van der Waals surface area contributed by atoms with Crippen LogP contribution in [0.5, 0.6) is 5.75 Å². The third-order valence-corrected chi connectivity index (χ3v) is 5.62. The minimum absolute atomic E-state index is 0.0187. The van der Waals surface area contributed by atoms with Crippen LogP contribution in [0.25, 0.3) is 0 Å². The van der Waals surface area contributed by atoms with Gasteiger partial charge in [-0.2, -0.15) is 0 Å². The number of carbonyl (C=O) groups is 1. The molecule has 0 radical (unpaired) electrons. The highest BCUT2D eigenvalue weighted by molar-refractivity contribution is 5.97. The Hall–Kier alpha value is -2.33. The molecule has 1 N–H and O–H groups in total. The summed E-state index contributed by atoms with van der Waals surface area (Å²) in [7, 11) is 0. The quantitative estimate of drug-likeness (QED) is 0.606. The lowest BCUT2D eigenvalue weighted by atomic mass is 9.78. The average Bonchev–Trinajstić information content (AvgIpc) is 2.72. The van der Waals surface area contributed by atoms with Crippen LogP contribution in [0.15, 0.2) is 48.5 Å². The van der Waals surface area contributed by atoms with Gasteiger partial charge in [-0.25, -0.2) is 0 Å². The van der Waals surface area contributed by atoms with Crippen LogP contribution in [0.3, 0.4) is 0 Å². The van der Waals surface area contributed by atoms with Crippen molar-refractivity contribution in [2.24, 2.45) is 5.92 Å². The molecule has 0 spiro atoms. The van der Waals surface area contributed by atoms with E-state index in [-0.39, 0.29) is 5.91 Å². The summed E-state index contributed by atoms with van der Waals surface area (Å²) in [6, 6.07) is 15.9. The Morgan fingerprint density at radius 1 is 1.21 bits per heavy atom. The van der Waals surface area contributed by atoms with Crippen molar-refractivity contribution in [2.75, 3.05) is 11.9 Å². The minimum Gasteiger partial charge on any atom is -0.489 e. The van der Waals surface area contributed by atoms with Gasteiger partial charge >= 0.3 is 0 Å². The fourth-order valence-electron chi connectivity index (χ4n) is 4.07. The highest BCUT2D eigenvalue weighted by Crippen LogP contribution is 2.36. The van der Waals surface area contributed by atoms with Crippen molar-refractivity contribution in [1.82, 2.24) is 0 Å². The number of benzene rings is 2. The number of nitrogens with one attached hydrogen (secondary N) is 1. The molecule has 0 aliphatic heterocycles. The number of hydrogen-bond donors (Lipinski definition) is 1. The van der Waals surface area contributed by atoms with E-state index in [1.807, 2.05) is 55.5 Å². The molecule has 156 valence electrons. The molecule has 1 saturated carbocycles. The van der Waals surface area contributed by atoms with Crippen LogP contribution in [0.1, 0.15) is 57.1 Å². The average molecular weight is 396 g/mol. The lowest BCUT2D eigenvalue weighted by Gasteiger charge is -2.38. The van der Waals surface area contributed by atoms with Crippen molar-refractivity contribution in [2.45, 2.75) is 65.1 Å². The monoisotopic (exact) mass is 395 g/mol. The van der Waals surface area contributed by atoms with Gasteiger partial charge in [-0.15, -0.1) is 0 Å². The molecule has 0 unspecified atom stereocenters. The molecule has 0 bridgehead atoms. The standard InChI is InChI=1S/C25H33NO3/c1-4-15-29-25(14-8-9-19(2)17-25)24(27)26-22-12-13-23(20(3)16-22)28-18-21-10-6-5-7-11-21/h5-7,10-13,16,19H,4,8-9,14-15,17-18H2,1-3H3,(H,26,27)/t19-,25-/m1/s1. The first-order valence-corrected chi connectivity index (χ1v) is 10.8. The molecule has 1 fully saturated rings. The zero-order valence-corrected chi connectivity index (χ0v) is 17.9. The molecule has 2 aromatic carbocycles. The Kier molecular flexibility index (Phi) is 7.32. The van der Waals surface area contributed by atoms with E-state index in [1.54, 1.807) is 0 Å². The summed E-state index contributed by atoms with van der Waals surface area (Å²) in [6.45, 7) is 7.43. The molecule has 0 heterocycles. The molecule has 1 aliphatic carbocycles. The highest BCUT2D eigenvalue weighted by atomic mass is 16.5. The summed E-state index contributed by atoms with van der Waals surface area (Å²) in [6.07, 6.45) is 4.69. The second-order valence-corrected chi connectivity index (χ2v) is 8.25. The van der Waals surface area contributed by atoms with Gasteiger partial charge < -0.3 is 14.8 Å². The second-order valence-electron chi connectivity index (χ2n) is 8.25. The molecular weight excluding hydrogens is 362 g/mol. The SMILES string of the molecule is CCCO[C@]1(C(=O)Nc2ccc(OCc3ccccc3)c(C)c2)CCC[C@@H](C)C1. The van der Waals surface area contributed by atoms with E-state index in [0.29, 0.717) is 19.1 Å². The number of ether oxygens (including phenoxy) is 2. The third kappa shape index (κ3) is 5.60. The van der Waals surface area contributed by atoms with Crippen LogP contribution in [0.2, 0.25) is 0 Å². The molecule has 4 nitrogen and oxygen atoms in total. The Labute approximate surface area is 174 Å². The van der Waals surface area contributed by atoms with Gasteiger partial charge in [0.25, 0.3) is 5.91 Å². The van der Waals surface area contributed by atoms with Crippen LogP contribution >= 0.6 is 0 Å². The van der Waals surface area contributed by atoms with E-state index in [2.05, 4.69) is 19.2 Å². The fraction of sp³-hybridized carbons (Fsp3) is 0.480. The number of hydrogen-bond acceptors (Lipinski definition) is 3. The Balaban J connectivity index is 1.66. The zero-order valence-electron chi connectivity index (χ0n) is 17.9. The maximum absolute atomic E-state index is 13.2. The van der Waals surface area contributed by atoms with Crippen molar-refractivity contribution >= 4 is 11.6 Å². The molecule has 1 amide bonds. The van der Waals surface area contributed by atoms with E-state index in [0.717, 1.165) is 54.7 Å². The second kappa shape index (κ2) is 9.93. The van der Waals surface area contributed by atoms with Crippen LogP contribution in [0, 0.1) is 12.8 Å². The number of anilines is 1. The first kappa shape index (κ1) is 21.4. The Bertz CT molecular complexity index is 805. The number of carbonyl (C=O) groups excluding carboxylic acids is 1. The number of rotatable bonds is 8. The van der Waals surface area contributed by atoms with E-state index >= 15 is 0 Å². The van der Waals surface area contributed by atoms with Gasteiger partial charge in [0, 0.05) is 12.3 Å². The maximum Gasteiger partial charge on any atom is 0.256 e. The van der Waals surface area contributed by atoms with E-state index in [4.69, 9.17) is 9.47 Å². The summed E-state index contributed by atoms with van der Waals surface area (Å²) >= 11 is 0. The predicted octanol–water partition coefficient (Wildman–Crippen LogP) is 5.89. The number of amides is 1. The minimum atomic E-state index is -0.704. The lowest BCUT2D eigenvalue weighted by molar-refractivity contribution is -0.148. The summed E-state index contributed by atoms with van der Waals surface area (Å²) in [5, 5.41) is 3.10. The molecule has 2 aromatic rings. The lowest BCUT2D eigenvalue weighted by Crippen LogP contribution is -2.48.